The zero-order valence-electron chi connectivity index (χ0n) is 14.7. The predicted molar refractivity (Wildman–Crippen MR) is 93.4 cm³/mol. The fourth-order valence-corrected chi connectivity index (χ4v) is 3.38. The fraction of sp³-hybridized carbons (Fsp3) is 0.400. The second-order valence-corrected chi connectivity index (χ2v) is 6.83. The van der Waals surface area contributed by atoms with Crippen molar-refractivity contribution < 1.29 is 29.2 Å². The third kappa shape index (κ3) is 2.95. The molecule has 6 nitrogen and oxygen atoms in total. The second-order valence-electron chi connectivity index (χ2n) is 6.83. The maximum absolute atomic E-state index is 10.8. The van der Waals surface area contributed by atoms with Gasteiger partial charge in [0.05, 0.1) is 12.2 Å². The van der Waals surface area contributed by atoms with Crippen molar-refractivity contribution in [3.8, 4) is 23.0 Å². The average Bonchev–Trinajstić information content (AvgIpc) is 3.33. The largest absolute Gasteiger partial charge is 0.454 e. The first-order valence-electron chi connectivity index (χ1n) is 8.70. The van der Waals surface area contributed by atoms with Crippen LogP contribution in [0.4, 0.5) is 0 Å². The summed E-state index contributed by atoms with van der Waals surface area (Å²) in [7, 11) is 0. The van der Waals surface area contributed by atoms with Crippen LogP contribution in [-0.4, -0.2) is 23.8 Å². The molecule has 0 radical (unpaired) electrons. The van der Waals surface area contributed by atoms with E-state index in [-0.39, 0.29) is 25.4 Å². The highest BCUT2D eigenvalue weighted by atomic mass is 16.7. The SMILES string of the molecule is C[C@@H]([C@H](C)[C@H](O)c1ccc2c(c1)OCO2)[C@H](O)c1ccc2c(c1)OCO2. The van der Waals surface area contributed by atoms with Crippen LogP contribution in [0.2, 0.25) is 0 Å². The molecule has 0 amide bonds. The molecule has 2 heterocycles. The van der Waals surface area contributed by atoms with E-state index in [1.807, 2.05) is 26.0 Å². The minimum atomic E-state index is -0.733. The van der Waals surface area contributed by atoms with Crippen LogP contribution in [0.1, 0.15) is 37.2 Å². The Morgan fingerprint density at radius 3 is 1.46 bits per heavy atom. The van der Waals surface area contributed by atoms with Crippen molar-refractivity contribution >= 4 is 0 Å². The van der Waals surface area contributed by atoms with E-state index in [1.165, 1.54) is 0 Å². The summed E-state index contributed by atoms with van der Waals surface area (Å²) >= 11 is 0. The molecule has 0 saturated carbocycles. The van der Waals surface area contributed by atoms with Crippen molar-refractivity contribution in [2.24, 2.45) is 11.8 Å². The first-order chi connectivity index (χ1) is 12.5. The molecule has 2 aliphatic heterocycles. The van der Waals surface area contributed by atoms with Crippen LogP contribution in [0.15, 0.2) is 36.4 Å². The van der Waals surface area contributed by atoms with E-state index >= 15 is 0 Å². The van der Waals surface area contributed by atoms with E-state index in [1.54, 1.807) is 24.3 Å². The van der Waals surface area contributed by atoms with Crippen LogP contribution in [0, 0.1) is 11.8 Å². The summed E-state index contributed by atoms with van der Waals surface area (Å²) in [4.78, 5) is 0. The molecule has 4 atom stereocenters. The summed E-state index contributed by atoms with van der Waals surface area (Å²) in [6.07, 6.45) is -1.47. The Morgan fingerprint density at radius 1 is 0.654 bits per heavy atom. The summed E-state index contributed by atoms with van der Waals surface area (Å²) in [6, 6.07) is 10.8. The second kappa shape index (κ2) is 6.70. The van der Waals surface area contributed by atoms with Crippen LogP contribution in [0.25, 0.3) is 0 Å². The van der Waals surface area contributed by atoms with Crippen molar-refractivity contribution in [1.29, 1.82) is 0 Å². The Kier molecular flexibility index (Phi) is 4.38. The summed E-state index contributed by atoms with van der Waals surface area (Å²) in [6.45, 7) is 4.25. The molecule has 0 fully saturated rings. The standard InChI is InChI=1S/C20H22O6/c1-11(19(21)13-3-5-15-17(7-13)25-9-23-15)12(2)20(22)14-4-6-16-18(8-14)26-10-24-16/h3-8,11-12,19-22H,9-10H2,1-2H3/t11-,12-,19-,20-/m0/s1. The number of aliphatic hydroxyl groups is 2. The number of ether oxygens (including phenoxy) is 4. The van der Waals surface area contributed by atoms with Gasteiger partial charge in [0.2, 0.25) is 13.6 Å². The Balaban J connectivity index is 1.50. The Morgan fingerprint density at radius 2 is 1.04 bits per heavy atom. The zero-order valence-corrected chi connectivity index (χ0v) is 14.7. The van der Waals surface area contributed by atoms with Crippen LogP contribution in [0.5, 0.6) is 23.0 Å². The van der Waals surface area contributed by atoms with Gasteiger partial charge in [-0.2, -0.15) is 0 Å². The first kappa shape index (κ1) is 17.0. The Labute approximate surface area is 151 Å². The van der Waals surface area contributed by atoms with E-state index < -0.39 is 12.2 Å². The molecule has 0 aliphatic carbocycles. The minimum Gasteiger partial charge on any atom is -0.454 e. The topological polar surface area (TPSA) is 77.4 Å². The molecule has 26 heavy (non-hydrogen) atoms. The summed E-state index contributed by atoms with van der Waals surface area (Å²) in [5.74, 6) is 2.27. The highest BCUT2D eigenvalue weighted by molar-refractivity contribution is 5.46. The lowest BCUT2D eigenvalue weighted by molar-refractivity contribution is 0.0210. The van der Waals surface area contributed by atoms with Crippen LogP contribution in [0.3, 0.4) is 0 Å². The van der Waals surface area contributed by atoms with Crippen LogP contribution >= 0.6 is 0 Å². The van der Waals surface area contributed by atoms with Crippen LogP contribution in [-0.2, 0) is 0 Å². The van der Waals surface area contributed by atoms with Gasteiger partial charge >= 0.3 is 0 Å². The summed E-state index contributed by atoms with van der Waals surface area (Å²) < 4.78 is 21.4. The van der Waals surface area contributed by atoms with Crippen molar-refractivity contribution in [2.45, 2.75) is 26.1 Å². The lowest BCUT2D eigenvalue weighted by Crippen LogP contribution is -2.23. The van der Waals surface area contributed by atoms with Crippen molar-refractivity contribution in [1.82, 2.24) is 0 Å². The number of aliphatic hydroxyl groups excluding tert-OH is 2. The van der Waals surface area contributed by atoms with Gasteiger partial charge in [0.1, 0.15) is 0 Å². The van der Waals surface area contributed by atoms with Gasteiger partial charge in [-0.25, -0.2) is 0 Å². The molecule has 2 N–H and O–H groups in total. The van der Waals surface area contributed by atoms with Crippen molar-refractivity contribution in [2.75, 3.05) is 13.6 Å². The zero-order chi connectivity index (χ0) is 18.3. The molecular weight excluding hydrogens is 336 g/mol. The quantitative estimate of drug-likeness (QED) is 0.855. The lowest BCUT2D eigenvalue weighted by Gasteiger charge is -2.29. The average molecular weight is 358 g/mol. The van der Waals surface area contributed by atoms with Gasteiger partial charge < -0.3 is 29.2 Å². The molecule has 6 heteroatoms. The molecule has 2 aromatic carbocycles. The minimum absolute atomic E-state index is 0.184. The molecule has 0 saturated heterocycles. The van der Waals surface area contributed by atoms with Crippen molar-refractivity contribution in [3.05, 3.63) is 47.5 Å². The number of rotatable bonds is 5. The van der Waals surface area contributed by atoms with Gasteiger partial charge in [0.15, 0.2) is 23.0 Å². The molecule has 4 rings (SSSR count). The highest BCUT2D eigenvalue weighted by Crippen LogP contribution is 2.41. The Bertz CT molecular complexity index is 737. The molecule has 2 aliphatic rings. The number of hydrogen-bond acceptors (Lipinski definition) is 6. The summed E-state index contributed by atoms with van der Waals surface area (Å²) in [5.41, 5.74) is 1.48. The molecule has 0 spiro atoms. The van der Waals surface area contributed by atoms with Gasteiger partial charge in [-0.05, 0) is 47.2 Å². The van der Waals surface area contributed by atoms with E-state index in [0.29, 0.717) is 23.0 Å². The normalized spacial score (nSPS) is 19.1. The van der Waals surface area contributed by atoms with Gasteiger partial charge in [0, 0.05) is 0 Å². The molecular formula is C20H22O6. The third-order valence-corrected chi connectivity index (χ3v) is 5.30. The highest BCUT2D eigenvalue weighted by Gasteiger charge is 2.30. The van der Waals surface area contributed by atoms with Gasteiger partial charge in [-0.15, -0.1) is 0 Å². The van der Waals surface area contributed by atoms with Crippen molar-refractivity contribution in [3.63, 3.8) is 0 Å². The molecule has 2 aromatic rings. The first-order valence-corrected chi connectivity index (χ1v) is 8.70. The Hall–Kier alpha value is -2.44. The van der Waals surface area contributed by atoms with Gasteiger partial charge in [-0.1, -0.05) is 26.0 Å². The number of benzene rings is 2. The maximum Gasteiger partial charge on any atom is 0.231 e. The molecule has 138 valence electrons. The molecule has 0 unspecified atom stereocenters. The summed E-state index contributed by atoms with van der Waals surface area (Å²) in [5, 5.41) is 21.6. The number of fused-ring (bicyclic) bond motifs is 2. The maximum atomic E-state index is 10.8. The predicted octanol–water partition coefficient (Wildman–Crippen LogP) is 3.18. The monoisotopic (exact) mass is 358 g/mol. The molecule has 0 bridgehead atoms. The van der Waals surface area contributed by atoms with E-state index in [9.17, 15) is 10.2 Å². The number of hydrogen-bond donors (Lipinski definition) is 2. The van der Waals surface area contributed by atoms with Gasteiger partial charge in [0.25, 0.3) is 0 Å². The van der Waals surface area contributed by atoms with Gasteiger partial charge in [-0.3, -0.25) is 0 Å². The van der Waals surface area contributed by atoms with E-state index in [2.05, 4.69) is 0 Å². The molecule has 0 aromatic heterocycles. The fourth-order valence-electron chi connectivity index (χ4n) is 3.38. The third-order valence-electron chi connectivity index (χ3n) is 5.30. The van der Waals surface area contributed by atoms with E-state index in [0.717, 1.165) is 11.1 Å². The smallest absolute Gasteiger partial charge is 0.231 e. The lowest BCUT2D eigenvalue weighted by atomic mass is 9.81. The van der Waals surface area contributed by atoms with E-state index in [4.69, 9.17) is 18.9 Å². The van der Waals surface area contributed by atoms with Crippen LogP contribution < -0.4 is 18.9 Å².